The summed E-state index contributed by atoms with van der Waals surface area (Å²) in [4.78, 5) is 2.72. The first-order valence-corrected chi connectivity index (χ1v) is 5.43. The first-order chi connectivity index (χ1) is 5.88. The summed E-state index contributed by atoms with van der Waals surface area (Å²) in [5.74, 6) is 0.961. The quantitative estimate of drug-likeness (QED) is 0.578. The maximum absolute atomic E-state index is 2.72. The van der Waals surface area contributed by atoms with Crippen LogP contribution in [-0.4, -0.2) is 24.0 Å². The van der Waals surface area contributed by atoms with Gasteiger partial charge in [-0.3, -0.25) is 0 Å². The molecule has 1 saturated carbocycles. The Bertz CT molecular complexity index is 138. The normalized spacial score (nSPS) is 38.8. The van der Waals surface area contributed by atoms with Crippen LogP contribution in [0.2, 0.25) is 0 Å². The highest BCUT2D eigenvalue weighted by Gasteiger charge is 2.29. The average Bonchev–Trinajstić information content (AvgIpc) is 2.53. The Hall–Kier alpha value is -0.0400. The molecule has 0 amide bonds. The maximum atomic E-state index is 2.72. The first-order valence-electron chi connectivity index (χ1n) is 5.43. The second-order valence-corrected chi connectivity index (χ2v) is 4.38. The van der Waals surface area contributed by atoms with Crippen molar-refractivity contribution in [2.24, 2.45) is 5.92 Å². The third-order valence-electron chi connectivity index (χ3n) is 3.53. The lowest BCUT2D eigenvalue weighted by Crippen LogP contribution is -2.40. The van der Waals surface area contributed by atoms with Crippen LogP contribution >= 0.6 is 0 Å². The lowest BCUT2D eigenvalue weighted by molar-refractivity contribution is 0.154. The number of piperidine rings is 1. The molecule has 0 N–H and O–H groups in total. The van der Waals surface area contributed by atoms with Crippen molar-refractivity contribution in [2.75, 3.05) is 13.1 Å². The van der Waals surface area contributed by atoms with Crippen LogP contribution in [0.4, 0.5) is 0 Å². The van der Waals surface area contributed by atoms with E-state index in [9.17, 15) is 0 Å². The Morgan fingerprint density at radius 3 is 2.50 bits per heavy atom. The molecule has 0 bridgehead atoms. The molecule has 2 aliphatic rings. The molecule has 0 aromatic rings. The fourth-order valence-corrected chi connectivity index (χ4v) is 2.77. The molecular weight excluding hydrogens is 146 g/mol. The molecule has 12 heavy (non-hydrogen) atoms. The lowest BCUT2D eigenvalue weighted by Gasteiger charge is -2.34. The van der Waals surface area contributed by atoms with Gasteiger partial charge in [-0.1, -0.05) is 13.3 Å². The largest absolute Gasteiger partial charge is 0.300 e. The smallest absolute Gasteiger partial charge is 0.0121 e. The second kappa shape index (κ2) is 3.78. The van der Waals surface area contributed by atoms with Gasteiger partial charge in [-0.2, -0.15) is 0 Å². The summed E-state index contributed by atoms with van der Waals surface area (Å²) in [5, 5.41) is 0. The molecule has 1 aliphatic heterocycles. The fraction of sp³-hybridized carbons (Fsp3) is 0.909. The number of nitrogens with zero attached hydrogens (tertiary/aromatic N) is 1. The highest BCUT2D eigenvalue weighted by molar-refractivity contribution is 4.87. The van der Waals surface area contributed by atoms with Gasteiger partial charge in [0.15, 0.2) is 0 Å². The molecule has 69 valence electrons. The van der Waals surface area contributed by atoms with Gasteiger partial charge in [0, 0.05) is 6.04 Å². The summed E-state index contributed by atoms with van der Waals surface area (Å²) < 4.78 is 0. The van der Waals surface area contributed by atoms with Crippen LogP contribution in [0.15, 0.2) is 0 Å². The molecule has 1 aliphatic carbocycles. The molecular formula is C11H20N. The molecule has 1 nitrogen and oxygen atoms in total. The van der Waals surface area contributed by atoms with E-state index in [-0.39, 0.29) is 0 Å². The zero-order valence-corrected chi connectivity index (χ0v) is 8.13. The van der Waals surface area contributed by atoms with Crippen LogP contribution in [0.5, 0.6) is 0 Å². The molecule has 2 unspecified atom stereocenters. The van der Waals surface area contributed by atoms with Gasteiger partial charge in [0.1, 0.15) is 0 Å². The van der Waals surface area contributed by atoms with E-state index < -0.39 is 0 Å². The standard InChI is InChI=1S/C11H20N/c1-10-6-5-7-11(10)12-8-3-2-4-9-12/h2,10-11H,3-9H2,1H3. The van der Waals surface area contributed by atoms with Crippen molar-refractivity contribution >= 4 is 0 Å². The van der Waals surface area contributed by atoms with E-state index >= 15 is 0 Å². The molecule has 1 heteroatoms. The molecule has 2 atom stereocenters. The molecule has 2 rings (SSSR count). The van der Waals surface area contributed by atoms with Gasteiger partial charge >= 0.3 is 0 Å². The predicted molar refractivity (Wildman–Crippen MR) is 51.9 cm³/mol. The van der Waals surface area contributed by atoms with E-state index in [1.54, 1.807) is 0 Å². The van der Waals surface area contributed by atoms with E-state index in [2.05, 4.69) is 18.2 Å². The lowest BCUT2D eigenvalue weighted by atomic mass is 10.0. The van der Waals surface area contributed by atoms with Crippen molar-refractivity contribution in [3.05, 3.63) is 6.42 Å². The molecule has 0 aromatic heterocycles. The summed E-state index contributed by atoms with van der Waals surface area (Å²) in [7, 11) is 0. The molecule has 0 spiro atoms. The Morgan fingerprint density at radius 2 is 1.92 bits per heavy atom. The van der Waals surface area contributed by atoms with Gasteiger partial charge in [-0.25, -0.2) is 0 Å². The minimum atomic E-state index is 0.929. The Balaban J connectivity index is 1.89. The number of rotatable bonds is 1. The number of hydrogen-bond donors (Lipinski definition) is 0. The molecule has 0 aromatic carbocycles. The Labute approximate surface area is 76.1 Å². The SMILES string of the molecule is CC1CCCC1N1CC[CH]CC1. The molecule has 2 fully saturated rings. The topological polar surface area (TPSA) is 3.24 Å². The van der Waals surface area contributed by atoms with Gasteiger partial charge < -0.3 is 4.90 Å². The van der Waals surface area contributed by atoms with Crippen molar-refractivity contribution in [1.82, 2.24) is 4.90 Å². The van der Waals surface area contributed by atoms with Crippen LogP contribution in [0.3, 0.4) is 0 Å². The van der Waals surface area contributed by atoms with Crippen molar-refractivity contribution in [3.8, 4) is 0 Å². The summed E-state index contributed by atoms with van der Waals surface area (Å²) in [6.45, 7) is 5.08. The predicted octanol–water partition coefficient (Wildman–Crippen LogP) is 2.48. The molecule has 1 radical (unpaired) electrons. The van der Waals surface area contributed by atoms with E-state index in [1.807, 2.05) is 0 Å². The van der Waals surface area contributed by atoms with Crippen LogP contribution in [0.1, 0.15) is 39.0 Å². The van der Waals surface area contributed by atoms with Crippen LogP contribution in [0, 0.1) is 12.3 Å². The van der Waals surface area contributed by atoms with Gasteiger partial charge in [-0.15, -0.1) is 0 Å². The third kappa shape index (κ3) is 1.66. The molecule has 1 heterocycles. The van der Waals surface area contributed by atoms with Crippen LogP contribution < -0.4 is 0 Å². The average molecular weight is 166 g/mol. The van der Waals surface area contributed by atoms with Crippen molar-refractivity contribution in [1.29, 1.82) is 0 Å². The number of likely N-dealkylation sites (tertiary alicyclic amines) is 1. The summed E-state index contributed by atoms with van der Waals surface area (Å²) in [5.41, 5.74) is 0. The zero-order valence-electron chi connectivity index (χ0n) is 8.13. The highest BCUT2D eigenvalue weighted by atomic mass is 15.2. The number of hydrogen-bond acceptors (Lipinski definition) is 1. The summed E-state index contributed by atoms with van der Waals surface area (Å²) in [6.07, 6.45) is 9.47. The highest BCUT2D eigenvalue weighted by Crippen LogP contribution is 2.30. The van der Waals surface area contributed by atoms with Gasteiger partial charge in [0.25, 0.3) is 0 Å². The minimum absolute atomic E-state index is 0.929. The van der Waals surface area contributed by atoms with E-state index in [0.29, 0.717) is 0 Å². The first kappa shape index (κ1) is 8.55. The Morgan fingerprint density at radius 1 is 1.17 bits per heavy atom. The monoisotopic (exact) mass is 166 g/mol. The van der Waals surface area contributed by atoms with Crippen molar-refractivity contribution in [2.45, 2.75) is 45.1 Å². The maximum Gasteiger partial charge on any atom is 0.0121 e. The third-order valence-corrected chi connectivity index (χ3v) is 3.53. The van der Waals surface area contributed by atoms with Gasteiger partial charge in [0.2, 0.25) is 0 Å². The zero-order chi connectivity index (χ0) is 8.39. The Kier molecular flexibility index (Phi) is 2.69. The summed E-state index contributed by atoms with van der Waals surface area (Å²) >= 11 is 0. The second-order valence-electron chi connectivity index (χ2n) is 4.38. The van der Waals surface area contributed by atoms with Crippen molar-refractivity contribution in [3.63, 3.8) is 0 Å². The molecule has 1 saturated heterocycles. The van der Waals surface area contributed by atoms with Crippen LogP contribution in [0.25, 0.3) is 0 Å². The van der Waals surface area contributed by atoms with Crippen molar-refractivity contribution < 1.29 is 0 Å². The minimum Gasteiger partial charge on any atom is -0.300 e. The summed E-state index contributed by atoms with van der Waals surface area (Å²) in [6, 6.07) is 0.929. The van der Waals surface area contributed by atoms with E-state index in [1.165, 1.54) is 45.2 Å². The van der Waals surface area contributed by atoms with Gasteiger partial charge in [0.05, 0.1) is 0 Å². The fourth-order valence-electron chi connectivity index (χ4n) is 2.77. The van der Waals surface area contributed by atoms with E-state index in [4.69, 9.17) is 0 Å². The van der Waals surface area contributed by atoms with E-state index in [0.717, 1.165) is 12.0 Å². The van der Waals surface area contributed by atoms with Crippen LogP contribution in [-0.2, 0) is 0 Å². The van der Waals surface area contributed by atoms with Gasteiger partial charge in [-0.05, 0) is 51.1 Å².